The van der Waals surface area contributed by atoms with Gasteiger partial charge in [0.1, 0.15) is 10.4 Å². The van der Waals surface area contributed by atoms with E-state index in [0.717, 1.165) is 4.47 Å². The van der Waals surface area contributed by atoms with Gasteiger partial charge in [-0.15, -0.1) is 11.3 Å². The van der Waals surface area contributed by atoms with Crippen molar-refractivity contribution in [2.45, 2.75) is 20.0 Å². The van der Waals surface area contributed by atoms with E-state index in [9.17, 15) is 9.90 Å². The van der Waals surface area contributed by atoms with Crippen LogP contribution in [0.5, 0.6) is 0 Å². The monoisotopic (exact) mass is 340 g/mol. The Morgan fingerprint density at radius 1 is 1.59 bits per heavy atom. The Balaban J connectivity index is 2.99. The third-order valence-corrected chi connectivity index (χ3v) is 5.03. The van der Waals surface area contributed by atoms with Gasteiger partial charge in [-0.3, -0.25) is 4.79 Å². The first kappa shape index (κ1) is 15.0. The summed E-state index contributed by atoms with van der Waals surface area (Å²) in [5, 5.41) is 10.2. The minimum Gasteiger partial charge on any atom is -0.469 e. The Kier molecular flexibility index (Phi) is 5.44. The number of rotatable bonds is 4. The van der Waals surface area contributed by atoms with Gasteiger partial charge >= 0.3 is 5.97 Å². The van der Waals surface area contributed by atoms with Crippen LogP contribution in [0.1, 0.15) is 24.8 Å². The second-order valence-electron chi connectivity index (χ2n) is 4.01. The first-order valence-electron chi connectivity index (χ1n) is 5.09. The van der Waals surface area contributed by atoms with Crippen molar-refractivity contribution >= 4 is 44.8 Å². The lowest BCUT2D eigenvalue weighted by Crippen LogP contribution is -2.27. The maximum atomic E-state index is 11.6. The summed E-state index contributed by atoms with van der Waals surface area (Å²) in [4.78, 5) is 12.3. The molecule has 0 spiro atoms. The normalized spacial score (nSPS) is 14.8. The van der Waals surface area contributed by atoms with Crippen LogP contribution in [0.25, 0.3) is 0 Å². The summed E-state index contributed by atoms with van der Waals surface area (Å²) in [6, 6.07) is 1.73. The van der Waals surface area contributed by atoms with Crippen LogP contribution < -0.4 is 0 Å². The average molecular weight is 342 g/mol. The number of aliphatic hydroxyl groups excluding tert-OH is 1. The number of carbonyl (C=O) groups excluding carboxylic acids is 1. The molecule has 6 heteroatoms. The molecule has 0 radical (unpaired) electrons. The van der Waals surface area contributed by atoms with Gasteiger partial charge < -0.3 is 9.84 Å². The molecule has 1 rings (SSSR count). The summed E-state index contributed by atoms with van der Waals surface area (Å²) in [5.41, 5.74) is 0. The molecule has 0 saturated carbocycles. The van der Waals surface area contributed by atoms with E-state index in [1.165, 1.54) is 18.4 Å². The van der Waals surface area contributed by atoms with Crippen molar-refractivity contribution in [3.8, 4) is 0 Å². The zero-order chi connectivity index (χ0) is 13.2. The van der Waals surface area contributed by atoms with Crippen LogP contribution in [0.3, 0.4) is 0 Å². The SMILES string of the molecule is COC(=O)C(C(C)C)C(O)c1cc(Br)c(Cl)s1. The summed E-state index contributed by atoms with van der Waals surface area (Å²) < 4.78 is 6.00. The number of aliphatic hydroxyl groups is 1. The Hall–Kier alpha value is -0.100. The van der Waals surface area contributed by atoms with E-state index in [-0.39, 0.29) is 5.92 Å². The molecule has 1 aromatic heterocycles. The molecule has 0 aliphatic carbocycles. The van der Waals surface area contributed by atoms with Crippen molar-refractivity contribution < 1.29 is 14.6 Å². The Morgan fingerprint density at radius 3 is 2.53 bits per heavy atom. The molecule has 1 heterocycles. The molecule has 2 unspecified atom stereocenters. The van der Waals surface area contributed by atoms with Gasteiger partial charge in [0.05, 0.1) is 13.0 Å². The molecule has 0 amide bonds. The van der Waals surface area contributed by atoms with Crippen LogP contribution in [0.2, 0.25) is 4.34 Å². The molecule has 2 atom stereocenters. The third kappa shape index (κ3) is 3.44. The summed E-state index contributed by atoms with van der Waals surface area (Å²) >= 11 is 10.4. The molecule has 0 bridgehead atoms. The zero-order valence-electron chi connectivity index (χ0n) is 9.74. The van der Waals surface area contributed by atoms with Crippen LogP contribution in [0.15, 0.2) is 10.5 Å². The van der Waals surface area contributed by atoms with E-state index in [0.29, 0.717) is 9.21 Å². The van der Waals surface area contributed by atoms with Gasteiger partial charge in [-0.05, 0) is 27.9 Å². The lowest BCUT2D eigenvalue weighted by atomic mass is 9.89. The molecule has 0 fully saturated rings. The fraction of sp³-hybridized carbons (Fsp3) is 0.545. The van der Waals surface area contributed by atoms with E-state index < -0.39 is 18.0 Å². The first-order chi connectivity index (χ1) is 7.88. The fourth-order valence-corrected chi connectivity index (χ4v) is 3.36. The topological polar surface area (TPSA) is 46.5 Å². The number of methoxy groups -OCH3 is 1. The van der Waals surface area contributed by atoms with Crippen LogP contribution in [-0.4, -0.2) is 18.2 Å². The van der Waals surface area contributed by atoms with Crippen molar-refractivity contribution in [1.29, 1.82) is 0 Å². The van der Waals surface area contributed by atoms with Gasteiger partial charge in [0.25, 0.3) is 0 Å². The standard InChI is InChI=1S/C11H14BrClO3S/c1-5(2)8(11(15)16-3)9(14)7-4-6(12)10(13)17-7/h4-5,8-9,14H,1-3H3. The molecule has 0 saturated heterocycles. The number of thiophene rings is 1. The van der Waals surface area contributed by atoms with Gasteiger partial charge in [-0.25, -0.2) is 0 Å². The van der Waals surface area contributed by atoms with E-state index in [4.69, 9.17) is 16.3 Å². The van der Waals surface area contributed by atoms with Crippen molar-refractivity contribution in [2.75, 3.05) is 7.11 Å². The third-order valence-electron chi connectivity index (χ3n) is 2.49. The minimum absolute atomic E-state index is 0.0166. The lowest BCUT2D eigenvalue weighted by molar-refractivity contribution is -0.151. The minimum atomic E-state index is -0.892. The van der Waals surface area contributed by atoms with E-state index in [1.54, 1.807) is 6.07 Å². The fourth-order valence-electron chi connectivity index (χ4n) is 1.59. The predicted molar refractivity (Wildman–Crippen MR) is 72.3 cm³/mol. The highest BCUT2D eigenvalue weighted by molar-refractivity contribution is 9.10. The molecule has 1 aromatic rings. The Bertz CT molecular complexity index is 386. The second-order valence-corrected chi connectivity index (χ2v) is 6.55. The molecular weight excluding hydrogens is 328 g/mol. The van der Waals surface area contributed by atoms with Crippen molar-refractivity contribution in [1.82, 2.24) is 0 Å². The quantitative estimate of drug-likeness (QED) is 0.850. The molecule has 1 N–H and O–H groups in total. The molecule has 96 valence electrons. The number of ether oxygens (including phenoxy) is 1. The van der Waals surface area contributed by atoms with Gasteiger partial charge in [-0.1, -0.05) is 25.4 Å². The molecule has 3 nitrogen and oxygen atoms in total. The Labute approximate surface area is 118 Å². The van der Waals surface area contributed by atoms with Crippen molar-refractivity contribution in [3.63, 3.8) is 0 Å². The number of hydrogen-bond donors (Lipinski definition) is 1. The molecule has 0 aromatic carbocycles. The van der Waals surface area contributed by atoms with Crippen LogP contribution in [0.4, 0.5) is 0 Å². The first-order valence-corrected chi connectivity index (χ1v) is 7.07. The lowest BCUT2D eigenvalue weighted by Gasteiger charge is -2.22. The van der Waals surface area contributed by atoms with Gasteiger partial charge in [0, 0.05) is 9.35 Å². The summed E-state index contributed by atoms with van der Waals surface area (Å²) in [6.45, 7) is 3.74. The number of hydrogen-bond acceptors (Lipinski definition) is 4. The largest absolute Gasteiger partial charge is 0.469 e. The van der Waals surface area contributed by atoms with E-state index in [1.807, 2.05) is 13.8 Å². The highest BCUT2D eigenvalue weighted by Crippen LogP contribution is 2.39. The van der Waals surface area contributed by atoms with Crippen LogP contribution in [-0.2, 0) is 9.53 Å². The molecule has 0 aliphatic heterocycles. The van der Waals surface area contributed by atoms with Gasteiger partial charge in [0.2, 0.25) is 0 Å². The van der Waals surface area contributed by atoms with E-state index in [2.05, 4.69) is 15.9 Å². The molecule has 17 heavy (non-hydrogen) atoms. The second kappa shape index (κ2) is 6.18. The maximum Gasteiger partial charge on any atom is 0.311 e. The number of halogens is 2. The van der Waals surface area contributed by atoms with E-state index >= 15 is 0 Å². The van der Waals surface area contributed by atoms with Crippen LogP contribution >= 0.6 is 38.9 Å². The smallest absolute Gasteiger partial charge is 0.311 e. The summed E-state index contributed by atoms with van der Waals surface area (Å²) in [7, 11) is 1.32. The van der Waals surface area contributed by atoms with Crippen molar-refractivity contribution in [3.05, 3.63) is 19.8 Å². The number of carbonyl (C=O) groups is 1. The molecule has 0 aliphatic rings. The predicted octanol–water partition coefficient (Wildman–Crippen LogP) is 3.64. The van der Waals surface area contributed by atoms with Crippen LogP contribution in [0, 0.1) is 11.8 Å². The highest BCUT2D eigenvalue weighted by Gasteiger charge is 2.33. The summed E-state index contributed by atoms with van der Waals surface area (Å²) in [6.07, 6.45) is -0.892. The Morgan fingerprint density at radius 2 is 2.18 bits per heavy atom. The maximum absolute atomic E-state index is 11.6. The van der Waals surface area contributed by atoms with Gasteiger partial charge in [-0.2, -0.15) is 0 Å². The van der Waals surface area contributed by atoms with Crippen molar-refractivity contribution in [2.24, 2.45) is 11.8 Å². The average Bonchev–Trinajstić information content (AvgIpc) is 2.58. The zero-order valence-corrected chi connectivity index (χ0v) is 12.9. The highest BCUT2D eigenvalue weighted by atomic mass is 79.9. The summed E-state index contributed by atoms with van der Waals surface area (Å²) in [5.74, 6) is -1.01. The van der Waals surface area contributed by atoms with Gasteiger partial charge in [0.15, 0.2) is 0 Å². The number of esters is 1. The molecular formula is C11H14BrClO3S.